The number of carbonyl (C=O) groups is 4. The summed E-state index contributed by atoms with van der Waals surface area (Å²) in [6.07, 6.45) is 2.58. The number of aliphatic hydroxyl groups is 1. The number of para-hydroxylation sites is 1. The Morgan fingerprint density at radius 2 is 1.52 bits per heavy atom. The van der Waals surface area contributed by atoms with Crippen LogP contribution in [-0.2, 0) is 31.1 Å². The van der Waals surface area contributed by atoms with Gasteiger partial charge in [-0.25, -0.2) is 4.90 Å². The van der Waals surface area contributed by atoms with E-state index >= 15 is 4.79 Å². The number of carbonyl (C=O) groups excluding carboxylic acids is 4. The summed E-state index contributed by atoms with van der Waals surface area (Å²) in [6.45, 7) is -0.0118. The monoisotopic (exact) mass is 686 g/mol. The SMILES string of the molecule is O=C1C2CC=C3C(CC4C(=O)N(c5cccc(Cl)c5)C(=O)C4(c4ccccc4)C3c3ccccc3OCCO)C2C(=O)N1Cc1ccccc1. The summed E-state index contributed by atoms with van der Waals surface area (Å²) in [5.41, 5.74) is 2.02. The molecule has 1 saturated carbocycles. The number of anilines is 1. The number of likely N-dealkylation sites (tertiary alicyclic amines) is 1. The van der Waals surface area contributed by atoms with Gasteiger partial charge in [-0.2, -0.15) is 0 Å². The number of benzene rings is 4. The minimum atomic E-state index is -1.41. The fourth-order valence-electron chi connectivity index (χ4n) is 9.08. The summed E-state index contributed by atoms with van der Waals surface area (Å²) in [6, 6.07) is 33.0. The molecule has 2 heterocycles. The van der Waals surface area contributed by atoms with Gasteiger partial charge in [0.05, 0.1) is 42.0 Å². The Hall–Kier alpha value is -5.05. The molecular weight excluding hydrogens is 652 g/mol. The second kappa shape index (κ2) is 12.7. The maximum Gasteiger partial charge on any atom is 0.246 e. The van der Waals surface area contributed by atoms with Crippen LogP contribution in [0.15, 0.2) is 121 Å². The maximum atomic E-state index is 15.4. The molecule has 0 radical (unpaired) electrons. The molecule has 1 N–H and O–H groups in total. The molecule has 3 fully saturated rings. The third-order valence-corrected chi connectivity index (χ3v) is 11.3. The predicted octanol–water partition coefficient (Wildman–Crippen LogP) is 6.07. The summed E-state index contributed by atoms with van der Waals surface area (Å²) in [4.78, 5) is 61.3. The molecule has 0 bridgehead atoms. The first kappa shape index (κ1) is 32.2. The number of nitrogens with zero attached hydrogens (tertiary/aromatic N) is 2. The highest BCUT2D eigenvalue weighted by Crippen LogP contribution is 2.65. The van der Waals surface area contributed by atoms with Gasteiger partial charge in [0, 0.05) is 16.5 Å². The van der Waals surface area contributed by atoms with Crippen LogP contribution in [0.1, 0.15) is 35.4 Å². The number of ether oxygens (including phenoxy) is 1. The molecule has 4 aliphatic rings. The quantitative estimate of drug-likeness (QED) is 0.178. The summed E-state index contributed by atoms with van der Waals surface area (Å²) in [5.74, 6) is -4.09. The molecule has 8 rings (SSSR count). The van der Waals surface area contributed by atoms with E-state index < -0.39 is 35.0 Å². The fraction of sp³-hybridized carbons (Fsp3) is 0.268. The van der Waals surface area contributed by atoms with Gasteiger partial charge in [0.25, 0.3) is 0 Å². The normalized spacial score (nSPS) is 27.2. The number of allylic oxidation sites excluding steroid dienone is 2. The Labute approximate surface area is 294 Å². The lowest BCUT2D eigenvalue weighted by Gasteiger charge is -2.51. The Morgan fingerprint density at radius 3 is 2.26 bits per heavy atom. The molecule has 2 saturated heterocycles. The van der Waals surface area contributed by atoms with Crippen molar-refractivity contribution in [2.75, 3.05) is 18.1 Å². The Morgan fingerprint density at radius 1 is 0.800 bits per heavy atom. The molecule has 9 heteroatoms. The summed E-state index contributed by atoms with van der Waals surface area (Å²) < 4.78 is 6.11. The van der Waals surface area contributed by atoms with E-state index in [0.29, 0.717) is 34.0 Å². The minimum Gasteiger partial charge on any atom is -0.491 e. The van der Waals surface area contributed by atoms with E-state index in [1.54, 1.807) is 30.3 Å². The van der Waals surface area contributed by atoms with Crippen molar-refractivity contribution in [1.82, 2.24) is 4.90 Å². The Bertz CT molecular complexity index is 2030. The van der Waals surface area contributed by atoms with Gasteiger partial charge >= 0.3 is 0 Å². The average Bonchev–Trinajstić information content (AvgIpc) is 3.52. The summed E-state index contributed by atoms with van der Waals surface area (Å²) in [7, 11) is 0. The van der Waals surface area contributed by atoms with Crippen molar-refractivity contribution in [3.8, 4) is 5.75 Å². The van der Waals surface area contributed by atoms with E-state index in [1.165, 1.54) is 9.80 Å². The molecule has 252 valence electrons. The molecule has 50 heavy (non-hydrogen) atoms. The first-order chi connectivity index (χ1) is 24.4. The third-order valence-electron chi connectivity index (χ3n) is 11.0. The molecular formula is C41H35ClN2O6. The van der Waals surface area contributed by atoms with Gasteiger partial charge in [0.1, 0.15) is 12.4 Å². The van der Waals surface area contributed by atoms with Crippen molar-refractivity contribution in [2.24, 2.45) is 23.7 Å². The van der Waals surface area contributed by atoms with E-state index in [0.717, 1.165) is 11.1 Å². The fourth-order valence-corrected chi connectivity index (χ4v) is 9.27. The first-order valence-electron chi connectivity index (χ1n) is 17.0. The van der Waals surface area contributed by atoms with Crippen LogP contribution in [0.25, 0.3) is 0 Å². The van der Waals surface area contributed by atoms with E-state index in [2.05, 4.69) is 0 Å². The molecule has 2 aliphatic heterocycles. The molecule has 0 aromatic heterocycles. The number of amides is 4. The highest BCUT2D eigenvalue weighted by atomic mass is 35.5. The van der Waals surface area contributed by atoms with E-state index in [4.69, 9.17) is 16.3 Å². The summed E-state index contributed by atoms with van der Waals surface area (Å²) in [5, 5.41) is 10.1. The van der Waals surface area contributed by atoms with Gasteiger partial charge in [-0.3, -0.25) is 24.1 Å². The highest BCUT2D eigenvalue weighted by Gasteiger charge is 2.70. The van der Waals surface area contributed by atoms with Gasteiger partial charge in [0.2, 0.25) is 23.6 Å². The summed E-state index contributed by atoms with van der Waals surface area (Å²) >= 11 is 6.41. The smallest absolute Gasteiger partial charge is 0.246 e. The van der Waals surface area contributed by atoms with Crippen molar-refractivity contribution in [1.29, 1.82) is 0 Å². The molecule has 6 unspecified atom stereocenters. The molecule has 6 atom stereocenters. The van der Waals surface area contributed by atoms with Gasteiger partial charge in [-0.15, -0.1) is 0 Å². The number of imide groups is 2. The Balaban J connectivity index is 1.34. The number of hydrogen-bond acceptors (Lipinski definition) is 6. The predicted molar refractivity (Wildman–Crippen MR) is 187 cm³/mol. The van der Waals surface area contributed by atoms with Crippen LogP contribution in [0.2, 0.25) is 5.02 Å². The number of hydrogen-bond donors (Lipinski definition) is 1. The molecule has 8 nitrogen and oxygen atoms in total. The topological polar surface area (TPSA) is 104 Å². The third kappa shape index (κ3) is 4.84. The van der Waals surface area contributed by atoms with Crippen molar-refractivity contribution in [3.05, 3.63) is 143 Å². The Kier molecular flexibility index (Phi) is 8.16. The number of aliphatic hydroxyl groups excluding tert-OH is 1. The number of rotatable bonds is 8. The zero-order chi connectivity index (χ0) is 34.6. The van der Waals surface area contributed by atoms with Crippen molar-refractivity contribution >= 4 is 40.9 Å². The molecule has 4 aromatic rings. The van der Waals surface area contributed by atoms with Crippen molar-refractivity contribution < 1.29 is 29.0 Å². The first-order valence-corrected chi connectivity index (χ1v) is 17.3. The lowest BCUT2D eigenvalue weighted by atomic mass is 9.49. The molecule has 0 spiro atoms. The van der Waals surface area contributed by atoms with Crippen molar-refractivity contribution in [3.63, 3.8) is 0 Å². The van der Waals surface area contributed by atoms with Gasteiger partial charge in [-0.05, 0) is 54.2 Å². The largest absolute Gasteiger partial charge is 0.491 e. The van der Waals surface area contributed by atoms with Crippen LogP contribution in [0.3, 0.4) is 0 Å². The van der Waals surface area contributed by atoms with Crippen LogP contribution < -0.4 is 9.64 Å². The van der Waals surface area contributed by atoms with Gasteiger partial charge < -0.3 is 9.84 Å². The zero-order valence-corrected chi connectivity index (χ0v) is 27.9. The molecule has 4 amide bonds. The van der Waals surface area contributed by atoms with E-state index in [-0.39, 0.29) is 49.8 Å². The van der Waals surface area contributed by atoms with Gasteiger partial charge in [-0.1, -0.05) is 108 Å². The van der Waals surface area contributed by atoms with Crippen LogP contribution in [0, 0.1) is 23.7 Å². The maximum absolute atomic E-state index is 15.4. The van der Waals surface area contributed by atoms with Crippen molar-refractivity contribution in [2.45, 2.75) is 30.7 Å². The lowest BCUT2D eigenvalue weighted by Crippen LogP contribution is -2.53. The second-order valence-electron chi connectivity index (χ2n) is 13.5. The van der Waals surface area contributed by atoms with Crippen LogP contribution in [-0.4, -0.2) is 46.8 Å². The molecule has 2 aliphatic carbocycles. The van der Waals surface area contributed by atoms with Crippen LogP contribution >= 0.6 is 11.6 Å². The lowest BCUT2D eigenvalue weighted by molar-refractivity contribution is -0.141. The van der Waals surface area contributed by atoms with E-state index in [9.17, 15) is 19.5 Å². The average molecular weight is 687 g/mol. The highest BCUT2D eigenvalue weighted by molar-refractivity contribution is 6.32. The van der Waals surface area contributed by atoms with E-state index in [1.807, 2.05) is 84.9 Å². The van der Waals surface area contributed by atoms with Crippen LogP contribution in [0.4, 0.5) is 5.69 Å². The molecule has 4 aromatic carbocycles. The second-order valence-corrected chi connectivity index (χ2v) is 13.9. The zero-order valence-electron chi connectivity index (χ0n) is 27.2. The minimum absolute atomic E-state index is 0.0294. The number of halogens is 1. The standard InChI is InChI=1S/C41H35ClN2O6/c42-27-14-9-15-28(22-27)44-38(47)33-23-32-29(18-19-31-35(32)39(48)43(37(31)46)24-25-10-3-1-4-11-25)36(30-16-7-8-17-34(30)50-21-20-45)41(33,40(44)49)26-12-5-2-6-13-26/h1-18,22,31-33,35-36,45H,19-21,23-24H2. The van der Waals surface area contributed by atoms with Crippen LogP contribution in [0.5, 0.6) is 5.75 Å². The van der Waals surface area contributed by atoms with Gasteiger partial charge in [0.15, 0.2) is 0 Å². The number of fused-ring (bicyclic) bond motifs is 4.